The number of nitrogens with zero attached hydrogens (tertiary/aromatic N) is 2. The van der Waals surface area contributed by atoms with Crippen LogP contribution >= 0.6 is 0 Å². The molecule has 0 saturated heterocycles. The number of ketones is 1. The molecular weight excluding hydrogens is 422 g/mol. The predicted molar refractivity (Wildman–Crippen MR) is 105 cm³/mol. The lowest BCUT2D eigenvalue weighted by Crippen LogP contribution is -2.36. The van der Waals surface area contributed by atoms with Crippen LogP contribution in [0.3, 0.4) is 0 Å². The highest BCUT2D eigenvalue weighted by Crippen LogP contribution is 2.44. The SMILES string of the molecule is CN1c2c(cc(C(=O)C(F)(F)F)c3ccccc23)C(C(F)(F)F)=NC1c1ccccc1. The van der Waals surface area contributed by atoms with Gasteiger partial charge in [0.25, 0.3) is 5.78 Å². The van der Waals surface area contributed by atoms with Crippen LogP contribution < -0.4 is 4.90 Å². The van der Waals surface area contributed by atoms with E-state index >= 15 is 0 Å². The molecular formula is C22H14F6N2O. The standard InChI is InChI=1S/C22H14F6N2O/c1-30-17-14-10-6-5-9-13(14)15(19(31)22(26,27)28)11-16(17)18(21(23,24)25)29-20(30)12-7-3-2-4-8-12/h2-11,20H,1H3. The van der Waals surface area contributed by atoms with Crippen LogP contribution in [-0.2, 0) is 0 Å². The van der Waals surface area contributed by atoms with Crippen LogP contribution in [0.4, 0.5) is 32.0 Å². The van der Waals surface area contributed by atoms with Gasteiger partial charge >= 0.3 is 12.4 Å². The number of rotatable bonds is 2. The number of Topliss-reactive ketones (excluding diaryl/α,β-unsaturated/α-hetero) is 1. The molecule has 0 aromatic heterocycles. The molecule has 0 bridgehead atoms. The molecule has 0 N–H and O–H groups in total. The number of aliphatic imine (C=N–C) groups is 1. The van der Waals surface area contributed by atoms with Gasteiger partial charge in [-0.15, -0.1) is 0 Å². The van der Waals surface area contributed by atoms with Gasteiger partial charge in [-0.05, 0) is 17.0 Å². The van der Waals surface area contributed by atoms with Crippen LogP contribution in [0.5, 0.6) is 0 Å². The topological polar surface area (TPSA) is 32.7 Å². The summed E-state index contributed by atoms with van der Waals surface area (Å²) in [6.07, 6.45) is -11.2. The number of fused-ring (bicyclic) bond motifs is 3. The number of benzene rings is 3. The highest BCUT2D eigenvalue weighted by molar-refractivity contribution is 6.21. The fourth-order valence-corrected chi connectivity index (χ4v) is 3.81. The van der Waals surface area contributed by atoms with Gasteiger partial charge in [0.1, 0.15) is 6.17 Å². The van der Waals surface area contributed by atoms with Crippen molar-refractivity contribution >= 4 is 28.0 Å². The van der Waals surface area contributed by atoms with E-state index in [9.17, 15) is 31.1 Å². The van der Waals surface area contributed by atoms with E-state index in [4.69, 9.17) is 0 Å². The fraction of sp³-hybridized carbons (Fsp3) is 0.182. The van der Waals surface area contributed by atoms with Crippen LogP contribution in [0.2, 0.25) is 0 Å². The molecule has 1 heterocycles. The van der Waals surface area contributed by atoms with E-state index in [-0.39, 0.29) is 16.5 Å². The molecule has 0 fully saturated rings. The highest BCUT2D eigenvalue weighted by atomic mass is 19.4. The number of carbonyl (C=O) groups excluding carboxylic acids is 1. The predicted octanol–water partition coefficient (Wildman–Crippen LogP) is 6.08. The van der Waals surface area contributed by atoms with Gasteiger partial charge in [0, 0.05) is 23.6 Å². The van der Waals surface area contributed by atoms with E-state index in [0.29, 0.717) is 11.6 Å². The minimum Gasteiger partial charge on any atom is -0.348 e. The number of hydrogen-bond donors (Lipinski definition) is 0. The van der Waals surface area contributed by atoms with E-state index < -0.39 is 41.1 Å². The number of halogens is 6. The minimum atomic E-state index is -5.24. The van der Waals surface area contributed by atoms with E-state index in [1.807, 2.05) is 0 Å². The summed E-state index contributed by atoms with van der Waals surface area (Å²) in [5, 5.41) is 0.0262. The van der Waals surface area contributed by atoms with Gasteiger partial charge in [-0.2, -0.15) is 26.3 Å². The van der Waals surface area contributed by atoms with Crippen LogP contribution in [0.15, 0.2) is 65.7 Å². The molecule has 0 spiro atoms. The second-order valence-electron chi connectivity index (χ2n) is 7.06. The lowest BCUT2D eigenvalue weighted by Gasteiger charge is -2.36. The minimum absolute atomic E-state index is 0.0607. The molecule has 1 unspecified atom stereocenters. The second-order valence-corrected chi connectivity index (χ2v) is 7.06. The van der Waals surface area contributed by atoms with Crippen LogP contribution in [0.25, 0.3) is 10.8 Å². The molecule has 0 saturated carbocycles. The summed E-state index contributed by atoms with van der Waals surface area (Å²) in [6.45, 7) is 0. The summed E-state index contributed by atoms with van der Waals surface area (Å²) in [5.74, 6) is -2.21. The zero-order chi connectivity index (χ0) is 22.6. The smallest absolute Gasteiger partial charge is 0.348 e. The summed E-state index contributed by atoms with van der Waals surface area (Å²) < 4.78 is 81.4. The maximum Gasteiger partial charge on any atom is 0.454 e. The van der Waals surface area contributed by atoms with Gasteiger partial charge in [0.2, 0.25) is 0 Å². The van der Waals surface area contributed by atoms with Crippen molar-refractivity contribution in [2.45, 2.75) is 18.5 Å². The summed E-state index contributed by atoms with van der Waals surface area (Å²) >= 11 is 0. The number of alkyl halides is 6. The number of anilines is 1. The largest absolute Gasteiger partial charge is 0.454 e. The Morgan fingerprint density at radius 3 is 2.06 bits per heavy atom. The van der Waals surface area contributed by atoms with E-state index in [1.165, 1.54) is 36.2 Å². The average Bonchev–Trinajstić information content (AvgIpc) is 2.71. The lowest BCUT2D eigenvalue weighted by molar-refractivity contribution is -0.0884. The van der Waals surface area contributed by atoms with Crippen LogP contribution in [-0.4, -0.2) is 30.9 Å². The Bertz CT molecular complexity index is 1200. The van der Waals surface area contributed by atoms with Crippen molar-refractivity contribution in [2.75, 3.05) is 11.9 Å². The molecule has 3 aromatic rings. The molecule has 9 heteroatoms. The maximum absolute atomic E-state index is 13.9. The van der Waals surface area contributed by atoms with Gasteiger partial charge in [0.05, 0.1) is 5.69 Å². The first-order valence-corrected chi connectivity index (χ1v) is 9.10. The molecule has 3 nitrogen and oxygen atoms in total. The van der Waals surface area contributed by atoms with Crippen molar-refractivity contribution in [2.24, 2.45) is 4.99 Å². The zero-order valence-corrected chi connectivity index (χ0v) is 15.9. The Morgan fingerprint density at radius 2 is 1.48 bits per heavy atom. The Morgan fingerprint density at radius 1 is 0.903 bits per heavy atom. The third-order valence-electron chi connectivity index (χ3n) is 5.11. The molecule has 1 aliphatic heterocycles. The summed E-state index contributed by atoms with van der Waals surface area (Å²) in [6, 6.07) is 14.5. The van der Waals surface area contributed by atoms with Crippen LogP contribution in [0, 0.1) is 0 Å². The van der Waals surface area contributed by atoms with Gasteiger partial charge in [0.15, 0.2) is 5.71 Å². The quantitative estimate of drug-likeness (QED) is 0.360. The molecule has 0 amide bonds. The van der Waals surface area contributed by atoms with Gasteiger partial charge in [-0.3, -0.25) is 9.79 Å². The Labute approximate surface area is 172 Å². The van der Waals surface area contributed by atoms with Crippen molar-refractivity contribution in [3.05, 3.63) is 77.4 Å². The maximum atomic E-state index is 13.9. The third kappa shape index (κ3) is 3.54. The molecule has 3 aromatic carbocycles. The molecule has 1 atom stereocenters. The van der Waals surface area contributed by atoms with Crippen molar-refractivity contribution in [3.8, 4) is 0 Å². The first-order valence-electron chi connectivity index (χ1n) is 9.10. The Balaban J connectivity index is 2.07. The normalized spacial score (nSPS) is 16.8. The monoisotopic (exact) mass is 436 g/mol. The van der Waals surface area contributed by atoms with Crippen molar-refractivity contribution in [1.82, 2.24) is 0 Å². The summed E-state index contributed by atoms with van der Waals surface area (Å²) in [7, 11) is 1.52. The summed E-state index contributed by atoms with van der Waals surface area (Å²) in [5.41, 5.74) is -2.18. The zero-order valence-electron chi connectivity index (χ0n) is 15.9. The first kappa shape index (κ1) is 20.9. The van der Waals surface area contributed by atoms with E-state index in [0.717, 1.165) is 0 Å². The van der Waals surface area contributed by atoms with Crippen molar-refractivity contribution < 1.29 is 31.1 Å². The van der Waals surface area contributed by atoms with Crippen molar-refractivity contribution in [3.63, 3.8) is 0 Å². The van der Waals surface area contributed by atoms with E-state index in [1.54, 1.807) is 30.3 Å². The lowest BCUT2D eigenvalue weighted by atomic mass is 9.91. The number of hydrogen-bond acceptors (Lipinski definition) is 3. The Hall–Kier alpha value is -3.36. The molecule has 0 radical (unpaired) electrons. The van der Waals surface area contributed by atoms with Gasteiger partial charge < -0.3 is 4.90 Å². The van der Waals surface area contributed by atoms with Crippen LogP contribution in [0.1, 0.15) is 27.7 Å². The fourth-order valence-electron chi connectivity index (χ4n) is 3.81. The van der Waals surface area contributed by atoms with Gasteiger partial charge in [-0.1, -0.05) is 54.6 Å². The molecule has 31 heavy (non-hydrogen) atoms. The first-order chi connectivity index (χ1) is 14.5. The molecule has 4 rings (SSSR count). The molecule has 0 aliphatic carbocycles. The highest BCUT2D eigenvalue weighted by Gasteiger charge is 2.45. The number of carbonyl (C=O) groups is 1. The van der Waals surface area contributed by atoms with Gasteiger partial charge in [-0.25, -0.2) is 0 Å². The third-order valence-corrected chi connectivity index (χ3v) is 5.11. The Kier molecular flexibility index (Phi) is 4.79. The summed E-state index contributed by atoms with van der Waals surface area (Å²) in [4.78, 5) is 17.3. The average molecular weight is 436 g/mol. The van der Waals surface area contributed by atoms with E-state index in [2.05, 4.69) is 4.99 Å². The second kappa shape index (κ2) is 7.11. The molecule has 160 valence electrons. The van der Waals surface area contributed by atoms with Crippen molar-refractivity contribution in [1.29, 1.82) is 0 Å². The molecule has 1 aliphatic rings.